The SMILES string of the molecule is COc1ccc(CC[C@@H](C)/C=C\CCc2ccccc2)cc1. The molecule has 0 aliphatic rings. The van der Waals surface area contributed by atoms with Gasteiger partial charge in [-0.15, -0.1) is 0 Å². The molecule has 1 heteroatoms. The fourth-order valence-corrected chi connectivity index (χ4v) is 2.51. The topological polar surface area (TPSA) is 9.23 Å². The molecule has 2 aromatic carbocycles. The third-order valence-corrected chi connectivity index (χ3v) is 3.95. The lowest BCUT2D eigenvalue weighted by molar-refractivity contribution is 0.414. The van der Waals surface area contributed by atoms with Crippen LogP contribution in [0.5, 0.6) is 5.75 Å². The van der Waals surface area contributed by atoms with Gasteiger partial charge in [0.15, 0.2) is 0 Å². The maximum Gasteiger partial charge on any atom is 0.118 e. The molecule has 0 heterocycles. The number of rotatable bonds is 8. The van der Waals surface area contributed by atoms with Crippen LogP contribution in [0.15, 0.2) is 66.7 Å². The van der Waals surface area contributed by atoms with Gasteiger partial charge in [0.25, 0.3) is 0 Å². The van der Waals surface area contributed by atoms with Crippen LogP contribution in [0.4, 0.5) is 0 Å². The average Bonchev–Trinajstić information content (AvgIpc) is 2.58. The van der Waals surface area contributed by atoms with Gasteiger partial charge in [-0.05, 0) is 54.9 Å². The van der Waals surface area contributed by atoms with Crippen LogP contribution in [0.3, 0.4) is 0 Å². The second-order valence-corrected chi connectivity index (χ2v) is 5.82. The zero-order valence-electron chi connectivity index (χ0n) is 13.7. The Kier molecular flexibility index (Phi) is 6.76. The van der Waals surface area contributed by atoms with Crippen LogP contribution >= 0.6 is 0 Å². The van der Waals surface area contributed by atoms with Crippen LogP contribution in [0.1, 0.15) is 30.9 Å². The zero-order valence-corrected chi connectivity index (χ0v) is 13.7. The summed E-state index contributed by atoms with van der Waals surface area (Å²) in [5.41, 5.74) is 2.79. The minimum Gasteiger partial charge on any atom is -0.497 e. The second kappa shape index (κ2) is 9.09. The minimum absolute atomic E-state index is 0.623. The van der Waals surface area contributed by atoms with Crippen molar-refractivity contribution in [3.05, 3.63) is 77.9 Å². The lowest BCUT2D eigenvalue weighted by Crippen LogP contribution is -1.94. The quantitative estimate of drug-likeness (QED) is 0.588. The zero-order chi connectivity index (χ0) is 15.6. The molecule has 0 spiro atoms. The van der Waals surface area contributed by atoms with E-state index in [9.17, 15) is 0 Å². The Labute approximate surface area is 134 Å². The van der Waals surface area contributed by atoms with Crippen LogP contribution in [0.2, 0.25) is 0 Å². The van der Waals surface area contributed by atoms with Gasteiger partial charge in [-0.1, -0.05) is 61.5 Å². The predicted octanol–water partition coefficient (Wildman–Crippen LogP) is 5.45. The van der Waals surface area contributed by atoms with Gasteiger partial charge < -0.3 is 4.74 Å². The van der Waals surface area contributed by atoms with Gasteiger partial charge in [0.05, 0.1) is 7.11 Å². The predicted molar refractivity (Wildman–Crippen MR) is 94.4 cm³/mol. The lowest BCUT2D eigenvalue weighted by Gasteiger charge is -2.07. The molecule has 0 N–H and O–H groups in total. The Morgan fingerprint density at radius 2 is 1.59 bits per heavy atom. The highest BCUT2D eigenvalue weighted by Crippen LogP contribution is 2.15. The van der Waals surface area contributed by atoms with E-state index in [1.165, 1.54) is 17.5 Å². The number of benzene rings is 2. The van der Waals surface area contributed by atoms with Crippen LogP contribution in [-0.2, 0) is 12.8 Å². The Balaban J connectivity index is 1.68. The summed E-state index contributed by atoms with van der Waals surface area (Å²) in [6, 6.07) is 19.1. The van der Waals surface area contributed by atoms with Gasteiger partial charge in [0, 0.05) is 0 Å². The summed E-state index contributed by atoms with van der Waals surface area (Å²) in [5.74, 6) is 1.55. The maximum absolute atomic E-state index is 5.19. The summed E-state index contributed by atoms with van der Waals surface area (Å²) in [6.45, 7) is 2.29. The van der Waals surface area contributed by atoms with Crippen molar-refractivity contribution in [3.8, 4) is 5.75 Å². The first-order valence-corrected chi connectivity index (χ1v) is 8.11. The van der Waals surface area contributed by atoms with Crippen molar-refractivity contribution in [2.24, 2.45) is 5.92 Å². The summed E-state index contributed by atoms with van der Waals surface area (Å²) in [4.78, 5) is 0. The molecule has 0 aromatic heterocycles. The van der Waals surface area contributed by atoms with Gasteiger partial charge in [0.2, 0.25) is 0 Å². The molecule has 2 rings (SSSR count). The van der Waals surface area contributed by atoms with E-state index in [-0.39, 0.29) is 0 Å². The summed E-state index contributed by atoms with van der Waals surface area (Å²) in [6.07, 6.45) is 9.24. The van der Waals surface area contributed by atoms with Crippen LogP contribution in [0, 0.1) is 5.92 Å². The molecule has 0 saturated heterocycles. The molecule has 1 nitrogen and oxygen atoms in total. The molecule has 1 atom stereocenters. The Morgan fingerprint density at radius 1 is 0.909 bits per heavy atom. The molecule has 0 radical (unpaired) electrons. The van der Waals surface area contributed by atoms with E-state index in [0.29, 0.717) is 5.92 Å². The van der Waals surface area contributed by atoms with Gasteiger partial charge in [-0.2, -0.15) is 0 Å². The third-order valence-electron chi connectivity index (χ3n) is 3.95. The van der Waals surface area contributed by atoms with E-state index < -0.39 is 0 Å². The molecule has 0 unspecified atom stereocenters. The molecular weight excluding hydrogens is 268 g/mol. The number of aryl methyl sites for hydroxylation is 2. The molecule has 0 fully saturated rings. The molecule has 0 amide bonds. The van der Waals surface area contributed by atoms with E-state index in [1.54, 1.807) is 7.11 Å². The summed E-state index contributed by atoms with van der Waals surface area (Å²) in [5, 5.41) is 0. The minimum atomic E-state index is 0.623. The number of hydrogen-bond donors (Lipinski definition) is 0. The van der Waals surface area contributed by atoms with E-state index in [0.717, 1.165) is 25.0 Å². The molecular formula is C21H26O. The van der Waals surface area contributed by atoms with Crippen molar-refractivity contribution in [2.75, 3.05) is 7.11 Å². The van der Waals surface area contributed by atoms with E-state index in [2.05, 4.69) is 61.5 Å². The first-order chi connectivity index (χ1) is 10.8. The highest BCUT2D eigenvalue weighted by atomic mass is 16.5. The Morgan fingerprint density at radius 3 is 2.27 bits per heavy atom. The standard InChI is InChI=1S/C21H26O/c1-18(8-6-7-11-19-9-4-3-5-10-19)12-13-20-14-16-21(22-2)17-15-20/h3-6,8-10,14-18H,7,11-13H2,1-2H3/b8-6-/t18-/m0/s1. The summed E-state index contributed by atoms with van der Waals surface area (Å²) < 4.78 is 5.19. The number of allylic oxidation sites excluding steroid dienone is 2. The summed E-state index contributed by atoms with van der Waals surface area (Å²) >= 11 is 0. The molecule has 0 aliphatic heterocycles. The van der Waals surface area contributed by atoms with Crippen molar-refractivity contribution in [3.63, 3.8) is 0 Å². The fourth-order valence-electron chi connectivity index (χ4n) is 2.51. The van der Waals surface area contributed by atoms with Crippen molar-refractivity contribution >= 4 is 0 Å². The first-order valence-electron chi connectivity index (χ1n) is 8.11. The Hall–Kier alpha value is -2.02. The first kappa shape index (κ1) is 16.4. The monoisotopic (exact) mass is 294 g/mol. The number of methoxy groups -OCH3 is 1. The highest BCUT2D eigenvalue weighted by molar-refractivity contribution is 5.27. The molecule has 116 valence electrons. The van der Waals surface area contributed by atoms with Crippen LogP contribution in [0.25, 0.3) is 0 Å². The lowest BCUT2D eigenvalue weighted by atomic mass is 10.00. The largest absolute Gasteiger partial charge is 0.497 e. The van der Waals surface area contributed by atoms with Crippen molar-refractivity contribution in [1.82, 2.24) is 0 Å². The van der Waals surface area contributed by atoms with Crippen LogP contribution < -0.4 is 4.74 Å². The Bertz CT molecular complexity index is 554. The molecule has 22 heavy (non-hydrogen) atoms. The normalized spacial score (nSPS) is 12.5. The molecule has 0 aliphatic carbocycles. The van der Waals surface area contributed by atoms with Gasteiger partial charge in [0.1, 0.15) is 5.75 Å². The van der Waals surface area contributed by atoms with Crippen molar-refractivity contribution in [2.45, 2.75) is 32.6 Å². The van der Waals surface area contributed by atoms with Crippen molar-refractivity contribution < 1.29 is 4.74 Å². The maximum atomic E-state index is 5.19. The smallest absolute Gasteiger partial charge is 0.118 e. The molecule has 0 saturated carbocycles. The van der Waals surface area contributed by atoms with Gasteiger partial charge >= 0.3 is 0 Å². The second-order valence-electron chi connectivity index (χ2n) is 5.82. The summed E-state index contributed by atoms with van der Waals surface area (Å²) in [7, 11) is 1.71. The van der Waals surface area contributed by atoms with Gasteiger partial charge in [-0.25, -0.2) is 0 Å². The van der Waals surface area contributed by atoms with Crippen molar-refractivity contribution in [1.29, 1.82) is 0 Å². The van der Waals surface area contributed by atoms with E-state index in [4.69, 9.17) is 4.74 Å². The number of hydrogen-bond acceptors (Lipinski definition) is 1. The molecule has 2 aromatic rings. The van der Waals surface area contributed by atoms with Gasteiger partial charge in [-0.3, -0.25) is 0 Å². The van der Waals surface area contributed by atoms with E-state index in [1.807, 2.05) is 12.1 Å². The highest BCUT2D eigenvalue weighted by Gasteiger charge is 2.00. The number of ether oxygens (including phenoxy) is 1. The van der Waals surface area contributed by atoms with E-state index >= 15 is 0 Å². The fraction of sp³-hybridized carbons (Fsp3) is 0.333. The third kappa shape index (κ3) is 5.77. The molecule has 0 bridgehead atoms. The average molecular weight is 294 g/mol. The van der Waals surface area contributed by atoms with Crippen LogP contribution in [-0.4, -0.2) is 7.11 Å².